The zero-order chi connectivity index (χ0) is 17.6. The maximum Gasteiger partial charge on any atom is 0.223 e. The normalized spacial score (nSPS) is 17.0. The first kappa shape index (κ1) is 17.5. The van der Waals surface area contributed by atoms with Crippen molar-refractivity contribution >= 4 is 5.91 Å². The minimum atomic E-state index is 0.234. The van der Waals surface area contributed by atoms with Gasteiger partial charge in [-0.3, -0.25) is 9.48 Å². The van der Waals surface area contributed by atoms with Gasteiger partial charge in [0.05, 0.1) is 25.4 Å². The number of aryl methyl sites for hydroxylation is 2. The third-order valence-electron chi connectivity index (χ3n) is 4.74. The molecule has 0 spiro atoms. The molecule has 25 heavy (non-hydrogen) atoms. The van der Waals surface area contributed by atoms with E-state index in [1.165, 1.54) is 0 Å². The summed E-state index contributed by atoms with van der Waals surface area (Å²) in [7, 11) is 0. The number of ether oxygens (including phenoxy) is 1. The van der Waals surface area contributed by atoms with E-state index in [0.717, 1.165) is 49.2 Å². The maximum atomic E-state index is 12.7. The van der Waals surface area contributed by atoms with Crippen LogP contribution in [0.1, 0.15) is 37.3 Å². The lowest BCUT2D eigenvalue weighted by Crippen LogP contribution is -2.38. The van der Waals surface area contributed by atoms with Crippen LogP contribution in [-0.4, -0.2) is 39.8 Å². The molecule has 1 saturated heterocycles. The SMILES string of the molecule is CCOc1ccccc1CCC(=O)N1CCC[C@@H]1Cn1cc(C)cn1. The molecule has 1 aliphatic heterocycles. The molecule has 5 nitrogen and oxygen atoms in total. The van der Waals surface area contributed by atoms with Crippen molar-refractivity contribution in [1.29, 1.82) is 0 Å². The number of carbonyl (C=O) groups is 1. The van der Waals surface area contributed by atoms with Crippen molar-refractivity contribution < 1.29 is 9.53 Å². The summed E-state index contributed by atoms with van der Waals surface area (Å²) in [4.78, 5) is 14.8. The average molecular weight is 341 g/mol. The fourth-order valence-corrected chi connectivity index (χ4v) is 3.53. The van der Waals surface area contributed by atoms with Crippen LogP contribution in [-0.2, 0) is 17.8 Å². The molecule has 1 fully saturated rings. The third-order valence-corrected chi connectivity index (χ3v) is 4.74. The van der Waals surface area contributed by atoms with E-state index >= 15 is 0 Å². The summed E-state index contributed by atoms with van der Waals surface area (Å²) in [5.74, 6) is 1.13. The van der Waals surface area contributed by atoms with Crippen LogP contribution in [0.3, 0.4) is 0 Å². The van der Waals surface area contributed by atoms with Crippen LogP contribution < -0.4 is 4.74 Å². The molecule has 1 aliphatic rings. The van der Waals surface area contributed by atoms with Crippen LogP contribution in [0.4, 0.5) is 0 Å². The Bertz CT molecular complexity index is 710. The van der Waals surface area contributed by atoms with Gasteiger partial charge in [0.1, 0.15) is 5.75 Å². The highest BCUT2D eigenvalue weighted by atomic mass is 16.5. The zero-order valence-corrected chi connectivity index (χ0v) is 15.1. The van der Waals surface area contributed by atoms with Gasteiger partial charge in [-0.15, -0.1) is 0 Å². The molecule has 0 N–H and O–H groups in total. The lowest BCUT2D eigenvalue weighted by molar-refractivity contribution is -0.132. The van der Waals surface area contributed by atoms with Gasteiger partial charge in [-0.05, 0) is 50.3 Å². The summed E-state index contributed by atoms with van der Waals surface area (Å²) in [6.07, 6.45) is 7.29. The Balaban J connectivity index is 1.58. The van der Waals surface area contributed by atoms with E-state index in [-0.39, 0.29) is 11.9 Å². The molecule has 5 heteroatoms. The molecule has 0 radical (unpaired) electrons. The number of aromatic nitrogens is 2. The van der Waals surface area contributed by atoms with Crippen LogP contribution in [0.15, 0.2) is 36.7 Å². The molecule has 3 rings (SSSR count). The monoisotopic (exact) mass is 341 g/mol. The third kappa shape index (κ3) is 4.41. The van der Waals surface area contributed by atoms with Crippen molar-refractivity contribution in [2.75, 3.05) is 13.2 Å². The van der Waals surface area contributed by atoms with Crippen LogP contribution >= 0.6 is 0 Å². The minimum absolute atomic E-state index is 0.234. The molecule has 134 valence electrons. The van der Waals surface area contributed by atoms with Gasteiger partial charge in [-0.1, -0.05) is 18.2 Å². The molecule has 2 aromatic rings. The number of carbonyl (C=O) groups excluding carboxylic acids is 1. The number of amides is 1. The van der Waals surface area contributed by atoms with Crippen molar-refractivity contribution in [3.8, 4) is 5.75 Å². The lowest BCUT2D eigenvalue weighted by Gasteiger charge is -2.25. The number of rotatable bonds is 7. The topological polar surface area (TPSA) is 47.4 Å². The maximum absolute atomic E-state index is 12.7. The second-order valence-electron chi connectivity index (χ2n) is 6.66. The summed E-state index contributed by atoms with van der Waals surface area (Å²) < 4.78 is 7.62. The van der Waals surface area contributed by atoms with Crippen molar-refractivity contribution in [3.63, 3.8) is 0 Å². The van der Waals surface area contributed by atoms with Crippen LogP contribution in [0.5, 0.6) is 5.75 Å². The van der Waals surface area contributed by atoms with Gasteiger partial charge >= 0.3 is 0 Å². The summed E-state index contributed by atoms with van der Waals surface area (Å²) in [5.41, 5.74) is 2.26. The highest BCUT2D eigenvalue weighted by Gasteiger charge is 2.28. The Labute approximate surface area is 149 Å². The van der Waals surface area contributed by atoms with Crippen LogP contribution in [0.2, 0.25) is 0 Å². The molecule has 0 aliphatic carbocycles. The molecule has 1 aromatic carbocycles. The second-order valence-corrected chi connectivity index (χ2v) is 6.66. The van der Waals surface area contributed by atoms with E-state index < -0.39 is 0 Å². The molecule has 1 atom stereocenters. The molecular weight excluding hydrogens is 314 g/mol. The number of hydrogen-bond acceptors (Lipinski definition) is 3. The van der Waals surface area contributed by atoms with Crippen molar-refractivity contribution in [2.24, 2.45) is 0 Å². The summed E-state index contributed by atoms with van der Waals surface area (Å²) in [6.45, 7) is 6.30. The quantitative estimate of drug-likeness (QED) is 0.777. The zero-order valence-electron chi connectivity index (χ0n) is 15.1. The Morgan fingerprint density at radius 2 is 2.20 bits per heavy atom. The Hall–Kier alpha value is -2.30. The molecular formula is C20H27N3O2. The predicted molar refractivity (Wildman–Crippen MR) is 97.6 cm³/mol. The number of nitrogens with zero attached hydrogens (tertiary/aromatic N) is 3. The van der Waals surface area contributed by atoms with E-state index in [2.05, 4.69) is 5.10 Å². The van der Waals surface area contributed by atoms with Gasteiger partial charge in [0, 0.05) is 19.2 Å². The molecule has 2 heterocycles. The van der Waals surface area contributed by atoms with E-state index in [1.807, 2.05) is 60.1 Å². The average Bonchev–Trinajstić information content (AvgIpc) is 3.23. The number of benzene rings is 1. The molecule has 0 bridgehead atoms. The Morgan fingerprint density at radius 1 is 1.36 bits per heavy atom. The van der Waals surface area contributed by atoms with Gasteiger partial charge in [-0.2, -0.15) is 5.10 Å². The van der Waals surface area contributed by atoms with Gasteiger partial charge in [0.15, 0.2) is 0 Å². The van der Waals surface area contributed by atoms with Gasteiger partial charge < -0.3 is 9.64 Å². The smallest absolute Gasteiger partial charge is 0.223 e. The molecule has 0 unspecified atom stereocenters. The van der Waals surface area contributed by atoms with E-state index in [0.29, 0.717) is 13.0 Å². The first-order chi connectivity index (χ1) is 12.2. The van der Waals surface area contributed by atoms with Crippen molar-refractivity contribution in [1.82, 2.24) is 14.7 Å². The Morgan fingerprint density at radius 3 is 2.96 bits per heavy atom. The predicted octanol–water partition coefficient (Wildman–Crippen LogP) is 3.21. The van der Waals surface area contributed by atoms with Gasteiger partial charge in [0.2, 0.25) is 5.91 Å². The van der Waals surface area contributed by atoms with Crippen molar-refractivity contribution in [3.05, 3.63) is 47.8 Å². The van der Waals surface area contributed by atoms with Crippen LogP contribution in [0, 0.1) is 6.92 Å². The molecule has 1 aromatic heterocycles. The standard InChI is InChI=1S/C20H27N3O2/c1-3-25-19-9-5-4-7-17(19)10-11-20(24)23-12-6-8-18(23)15-22-14-16(2)13-21-22/h4-5,7,9,13-14,18H,3,6,8,10-12,15H2,1-2H3/t18-/m1/s1. The second kappa shape index (κ2) is 8.19. The first-order valence-electron chi connectivity index (χ1n) is 9.16. The van der Waals surface area contributed by atoms with Gasteiger partial charge in [-0.25, -0.2) is 0 Å². The summed E-state index contributed by atoms with van der Waals surface area (Å²) in [6, 6.07) is 8.25. The van der Waals surface area contributed by atoms with Crippen LogP contribution in [0.25, 0.3) is 0 Å². The number of likely N-dealkylation sites (tertiary alicyclic amines) is 1. The number of hydrogen-bond donors (Lipinski definition) is 0. The lowest BCUT2D eigenvalue weighted by atomic mass is 10.1. The van der Waals surface area contributed by atoms with E-state index in [1.54, 1.807) is 0 Å². The highest BCUT2D eigenvalue weighted by Crippen LogP contribution is 2.23. The fraction of sp³-hybridized carbons (Fsp3) is 0.500. The molecule has 1 amide bonds. The Kier molecular flexibility index (Phi) is 5.74. The van der Waals surface area contributed by atoms with Crippen molar-refractivity contribution in [2.45, 2.75) is 52.1 Å². The van der Waals surface area contributed by atoms with E-state index in [9.17, 15) is 4.79 Å². The fourth-order valence-electron chi connectivity index (χ4n) is 3.53. The minimum Gasteiger partial charge on any atom is -0.494 e. The number of para-hydroxylation sites is 1. The largest absolute Gasteiger partial charge is 0.494 e. The summed E-state index contributed by atoms with van der Waals surface area (Å²) >= 11 is 0. The summed E-state index contributed by atoms with van der Waals surface area (Å²) in [5, 5.41) is 4.36. The van der Waals surface area contributed by atoms with E-state index in [4.69, 9.17) is 4.74 Å². The van der Waals surface area contributed by atoms with Gasteiger partial charge in [0.25, 0.3) is 0 Å². The highest BCUT2D eigenvalue weighted by molar-refractivity contribution is 5.77. The molecule has 0 saturated carbocycles. The first-order valence-corrected chi connectivity index (χ1v) is 9.16.